The first kappa shape index (κ1) is 19.7. The summed E-state index contributed by atoms with van der Waals surface area (Å²) in [7, 11) is 0.990. The van der Waals surface area contributed by atoms with Crippen LogP contribution in [-0.4, -0.2) is 55.4 Å². The van der Waals surface area contributed by atoms with E-state index >= 15 is 0 Å². The molecular formula is C19H26BNO6. The molecule has 0 saturated carbocycles. The van der Waals surface area contributed by atoms with Gasteiger partial charge in [0.05, 0.1) is 36.6 Å². The fourth-order valence-electron chi connectivity index (χ4n) is 3.22. The van der Waals surface area contributed by atoms with Gasteiger partial charge in [0.25, 0.3) is 0 Å². The van der Waals surface area contributed by atoms with Gasteiger partial charge in [0, 0.05) is 0 Å². The highest BCUT2D eigenvalue weighted by Gasteiger charge is 2.52. The molecule has 27 heavy (non-hydrogen) atoms. The molecule has 0 bridgehead atoms. The Morgan fingerprint density at radius 1 is 1.30 bits per heavy atom. The number of ether oxygens (including phenoxy) is 2. The van der Waals surface area contributed by atoms with E-state index in [1.807, 2.05) is 33.8 Å². The first-order chi connectivity index (χ1) is 12.6. The largest absolute Gasteiger partial charge is 0.495 e. The molecule has 2 unspecified atom stereocenters. The maximum atomic E-state index is 12.3. The number of hydrogen-bond donors (Lipinski definition) is 1. The molecule has 1 aromatic rings. The summed E-state index contributed by atoms with van der Waals surface area (Å²) in [6.07, 6.45) is 0.357. The molecular weight excluding hydrogens is 349 g/mol. The Bertz CT molecular complexity index is 734. The summed E-state index contributed by atoms with van der Waals surface area (Å²) in [6.45, 7) is 11.4. The molecule has 7 nitrogen and oxygen atoms in total. The van der Waals surface area contributed by atoms with Crippen LogP contribution in [0.3, 0.4) is 0 Å². The van der Waals surface area contributed by atoms with Crippen molar-refractivity contribution in [2.24, 2.45) is 0 Å². The van der Waals surface area contributed by atoms with Crippen molar-refractivity contribution in [1.29, 1.82) is 0 Å². The minimum absolute atomic E-state index is 0.284. The van der Waals surface area contributed by atoms with E-state index in [-0.39, 0.29) is 6.61 Å². The quantitative estimate of drug-likeness (QED) is 0.626. The Morgan fingerprint density at radius 2 is 1.93 bits per heavy atom. The number of hydrogen-bond acceptors (Lipinski definition) is 6. The first-order valence-electron chi connectivity index (χ1n) is 8.92. The standard InChI is InChI=1S/C19H26BNO6/c1-7-13-16(11-22)25-17(23)21(13)14-9-8-12(10-15(14)24-6)20-26-18(2,3)19(4,5)27-20/h7-10,13,16,22H,1,11H2,2-6H3. The number of anilines is 1. The number of amides is 1. The average molecular weight is 375 g/mol. The summed E-state index contributed by atoms with van der Waals surface area (Å²) in [6, 6.07) is 4.90. The van der Waals surface area contributed by atoms with Crippen molar-refractivity contribution >= 4 is 24.4 Å². The average Bonchev–Trinajstić information content (AvgIpc) is 3.06. The van der Waals surface area contributed by atoms with Crippen LogP contribution in [0.5, 0.6) is 5.75 Å². The lowest BCUT2D eigenvalue weighted by molar-refractivity contribution is 0.00578. The second-order valence-corrected chi connectivity index (χ2v) is 7.72. The van der Waals surface area contributed by atoms with Crippen LogP contribution in [-0.2, 0) is 14.0 Å². The molecule has 2 atom stereocenters. The highest BCUT2D eigenvalue weighted by Crippen LogP contribution is 2.38. The van der Waals surface area contributed by atoms with Crippen molar-refractivity contribution in [3.05, 3.63) is 30.9 Å². The van der Waals surface area contributed by atoms with Crippen molar-refractivity contribution in [2.75, 3.05) is 18.6 Å². The molecule has 2 saturated heterocycles. The van der Waals surface area contributed by atoms with Crippen molar-refractivity contribution in [1.82, 2.24) is 0 Å². The van der Waals surface area contributed by atoms with E-state index in [0.29, 0.717) is 11.4 Å². The Labute approximate surface area is 160 Å². The normalized spacial score (nSPS) is 26.2. The fraction of sp³-hybridized carbons (Fsp3) is 0.526. The van der Waals surface area contributed by atoms with Crippen LogP contribution in [0.4, 0.5) is 10.5 Å². The number of methoxy groups -OCH3 is 1. The van der Waals surface area contributed by atoms with Crippen LogP contribution in [0.15, 0.2) is 30.9 Å². The van der Waals surface area contributed by atoms with Crippen LogP contribution in [0.1, 0.15) is 27.7 Å². The Kier molecular flexibility index (Phi) is 5.01. The highest BCUT2D eigenvalue weighted by molar-refractivity contribution is 6.62. The summed E-state index contributed by atoms with van der Waals surface area (Å²) in [5.74, 6) is 0.476. The van der Waals surface area contributed by atoms with Gasteiger partial charge in [-0.15, -0.1) is 6.58 Å². The van der Waals surface area contributed by atoms with E-state index in [4.69, 9.17) is 18.8 Å². The number of carbonyl (C=O) groups is 1. The fourth-order valence-corrected chi connectivity index (χ4v) is 3.22. The van der Waals surface area contributed by atoms with E-state index in [9.17, 15) is 9.90 Å². The maximum Gasteiger partial charge on any atom is 0.494 e. The lowest BCUT2D eigenvalue weighted by atomic mass is 9.79. The van der Waals surface area contributed by atoms with E-state index in [2.05, 4.69) is 6.58 Å². The predicted octanol–water partition coefficient (Wildman–Crippen LogP) is 1.87. The molecule has 1 N–H and O–H groups in total. The lowest BCUT2D eigenvalue weighted by Crippen LogP contribution is -2.41. The van der Waals surface area contributed by atoms with E-state index in [1.165, 1.54) is 12.0 Å². The number of cyclic esters (lactones) is 1. The third kappa shape index (κ3) is 3.22. The minimum Gasteiger partial charge on any atom is -0.495 e. The van der Waals surface area contributed by atoms with Gasteiger partial charge in [-0.25, -0.2) is 4.79 Å². The zero-order valence-electron chi connectivity index (χ0n) is 16.4. The molecule has 2 fully saturated rings. The van der Waals surface area contributed by atoms with Gasteiger partial charge in [-0.1, -0.05) is 12.1 Å². The third-order valence-electron chi connectivity index (χ3n) is 5.54. The number of carbonyl (C=O) groups excluding carboxylic acids is 1. The van der Waals surface area contributed by atoms with E-state index in [1.54, 1.807) is 18.2 Å². The summed E-state index contributed by atoms with van der Waals surface area (Å²) in [5, 5.41) is 9.45. The molecule has 2 aliphatic rings. The number of nitrogens with zero attached hydrogens (tertiary/aromatic N) is 1. The molecule has 2 aliphatic heterocycles. The molecule has 0 spiro atoms. The first-order valence-corrected chi connectivity index (χ1v) is 8.92. The highest BCUT2D eigenvalue weighted by atomic mass is 16.7. The van der Waals surface area contributed by atoms with Crippen LogP contribution in [0.2, 0.25) is 0 Å². The summed E-state index contributed by atoms with van der Waals surface area (Å²) in [4.78, 5) is 13.8. The molecule has 146 valence electrons. The molecule has 3 rings (SSSR count). The van der Waals surface area contributed by atoms with Gasteiger partial charge in [-0.2, -0.15) is 0 Å². The number of benzene rings is 1. The Hall–Kier alpha value is -2.03. The Balaban J connectivity index is 1.94. The predicted molar refractivity (Wildman–Crippen MR) is 103 cm³/mol. The lowest BCUT2D eigenvalue weighted by Gasteiger charge is -2.32. The minimum atomic E-state index is -0.664. The topological polar surface area (TPSA) is 77.5 Å². The van der Waals surface area contributed by atoms with Gasteiger partial charge in [-0.05, 0) is 45.3 Å². The summed E-state index contributed by atoms with van der Waals surface area (Å²) in [5.41, 5.74) is 0.411. The summed E-state index contributed by atoms with van der Waals surface area (Å²) < 4.78 is 22.9. The van der Waals surface area contributed by atoms with Crippen molar-refractivity contribution in [3.63, 3.8) is 0 Å². The Morgan fingerprint density at radius 3 is 2.44 bits per heavy atom. The molecule has 1 aromatic carbocycles. The number of aliphatic hydroxyl groups is 1. The summed E-state index contributed by atoms with van der Waals surface area (Å²) >= 11 is 0. The van der Waals surface area contributed by atoms with Crippen molar-refractivity contribution in [3.8, 4) is 5.75 Å². The zero-order valence-corrected chi connectivity index (χ0v) is 16.4. The monoisotopic (exact) mass is 375 g/mol. The van der Waals surface area contributed by atoms with Crippen LogP contribution >= 0.6 is 0 Å². The molecule has 2 heterocycles. The van der Waals surface area contributed by atoms with Gasteiger partial charge in [-0.3, -0.25) is 4.90 Å². The SMILES string of the molecule is C=CC1C(CO)OC(=O)N1c1ccc(B2OC(C)(C)C(C)(C)O2)cc1OC. The number of aliphatic hydroxyl groups excluding tert-OH is 1. The van der Waals surface area contributed by atoms with Gasteiger partial charge in [0.2, 0.25) is 0 Å². The van der Waals surface area contributed by atoms with Crippen molar-refractivity contribution < 1.29 is 28.7 Å². The van der Waals surface area contributed by atoms with Gasteiger partial charge < -0.3 is 23.9 Å². The second kappa shape index (κ2) is 6.85. The smallest absolute Gasteiger partial charge is 0.494 e. The van der Waals surface area contributed by atoms with Crippen LogP contribution < -0.4 is 15.1 Å². The molecule has 1 amide bonds. The van der Waals surface area contributed by atoms with Crippen molar-refractivity contribution in [2.45, 2.75) is 51.0 Å². The van der Waals surface area contributed by atoms with Crippen LogP contribution in [0, 0.1) is 0 Å². The molecule has 0 aliphatic carbocycles. The third-order valence-corrected chi connectivity index (χ3v) is 5.54. The number of rotatable bonds is 5. The van der Waals surface area contributed by atoms with E-state index in [0.717, 1.165) is 5.46 Å². The molecule has 0 radical (unpaired) electrons. The van der Waals surface area contributed by atoms with Gasteiger partial charge >= 0.3 is 13.2 Å². The van der Waals surface area contributed by atoms with Gasteiger partial charge in [0.15, 0.2) is 6.10 Å². The zero-order chi connectivity index (χ0) is 20.0. The van der Waals surface area contributed by atoms with Crippen LogP contribution in [0.25, 0.3) is 0 Å². The van der Waals surface area contributed by atoms with Gasteiger partial charge in [0.1, 0.15) is 5.75 Å². The molecule has 8 heteroatoms. The second-order valence-electron chi connectivity index (χ2n) is 7.72. The molecule has 0 aromatic heterocycles. The van der Waals surface area contributed by atoms with E-state index < -0.39 is 36.6 Å². The maximum absolute atomic E-state index is 12.3.